The maximum atomic E-state index is 12.0. The number of hydrogen-bond acceptors (Lipinski definition) is 7. The molecule has 2 aliphatic heterocycles. The number of unbranched alkanes of at least 4 members (excludes halogenated alkanes) is 6. The van der Waals surface area contributed by atoms with Gasteiger partial charge in [0.15, 0.2) is 0 Å². The van der Waals surface area contributed by atoms with Crippen molar-refractivity contribution in [3.05, 3.63) is 59.7 Å². The molecule has 2 aromatic rings. The van der Waals surface area contributed by atoms with Gasteiger partial charge in [0.05, 0.1) is 11.5 Å². The normalized spacial score (nSPS) is 27.5. The van der Waals surface area contributed by atoms with Crippen molar-refractivity contribution >= 4 is 41.1 Å². The summed E-state index contributed by atoms with van der Waals surface area (Å²) in [5.41, 5.74) is 10.9. The van der Waals surface area contributed by atoms with E-state index in [1.54, 1.807) is 6.92 Å². The molecule has 2 aliphatic carbocycles. The molecule has 2 saturated heterocycles. The van der Waals surface area contributed by atoms with Crippen LogP contribution in [0.25, 0.3) is 0 Å². The minimum Gasteiger partial charge on any atom is -0.399 e. The lowest BCUT2D eigenvalue weighted by atomic mass is 9.92. The fraction of sp³-hybridized carbons (Fsp3) is 0.714. The van der Waals surface area contributed by atoms with Gasteiger partial charge in [0.2, 0.25) is 19.1 Å². The van der Waals surface area contributed by atoms with E-state index in [9.17, 15) is 16.8 Å². The van der Waals surface area contributed by atoms with Gasteiger partial charge in [0, 0.05) is 59.1 Å². The number of fused-ring (bicyclic) bond motifs is 2. The standard InChI is InChI=1S/C21H34N2O2S.C18H28N2.C3H7ClO2S/c1-4-6-7-8-12-23-15-19-20(16-23)21(19,3)17-10-9-11-18(14-17)22-26(24,25)13-5-2;1-3-4-5-6-10-20-12-16-17(13-20)18(16,2)14-8-7-9-15(19)11-14;1-2-3-7(4,5)6/h9-11,14,19-20,22H,4-8,12-13,15-16H2,1-3H3;7-9,11,16-17H,3-6,10,12-13,19H2,1-2H3;2-3H2,1H3. The molecule has 8 nitrogen and oxygen atoms in total. The second-order valence-corrected chi connectivity index (χ2v) is 21.2. The van der Waals surface area contributed by atoms with Gasteiger partial charge >= 0.3 is 0 Å². The number of nitrogens with two attached hydrogens (primary N) is 1. The molecule has 0 amide bonds. The van der Waals surface area contributed by atoms with Gasteiger partial charge in [-0.1, -0.05) is 104 Å². The van der Waals surface area contributed by atoms with E-state index < -0.39 is 19.1 Å². The van der Waals surface area contributed by atoms with Crippen molar-refractivity contribution in [2.45, 2.75) is 117 Å². The average molecular weight is 794 g/mol. The Hall–Kier alpha value is -1.85. The van der Waals surface area contributed by atoms with Crippen LogP contribution in [0.1, 0.15) is 117 Å². The molecule has 4 aliphatic rings. The van der Waals surface area contributed by atoms with Crippen LogP contribution in [0.3, 0.4) is 0 Å². The second kappa shape index (κ2) is 19.3. The van der Waals surface area contributed by atoms with Crippen molar-refractivity contribution in [3.63, 3.8) is 0 Å². The topological polar surface area (TPSA) is 113 Å². The third kappa shape index (κ3) is 11.8. The first-order chi connectivity index (χ1) is 25.1. The van der Waals surface area contributed by atoms with Crippen molar-refractivity contribution in [2.75, 3.05) is 61.2 Å². The van der Waals surface area contributed by atoms with E-state index in [1.165, 1.54) is 102 Å². The summed E-state index contributed by atoms with van der Waals surface area (Å²) in [6.45, 7) is 20.5. The minimum atomic E-state index is -3.23. The van der Waals surface area contributed by atoms with Gasteiger partial charge in [0.1, 0.15) is 0 Å². The summed E-state index contributed by atoms with van der Waals surface area (Å²) in [4.78, 5) is 5.31. The molecule has 4 unspecified atom stereocenters. The Labute approximate surface area is 327 Å². The van der Waals surface area contributed by atoms with E-state index in [0.29, 0.717) is 23.9 Å². The number of halogens is 1. The molecule has 2 saturated carbocycles. The summed E-state index contributed by atoms with van der Waals surface area (Å²) >= 11 is 0. The molecule has 4 fully saturated rings. The van der Waals surface area contributed by atoms with Crippen molar-refractivity contribution in [1.82, 2.24) is 9.80 Å². The first kappa shape index (κ1) is 43.9. The van der Waals surface area contributed by atoms with Crippen molar-refractivity contribution in [2.24, 2.45) is 23.7 Å². The third-order valence-corrected chi connectivity index (χ3v) is 15.3. The second-order valence-electron chi connectivity index (χ2n) is 16.5. The van der Waals surface area contributed by atoms with Gasteiger partial charge in [-0.25, -0.2) is 16.8 Å². The number of nitrogen functional groups attached to an aromatic ring is 1. The Morgan fingerprint density at radius 2 is 1.11 bits per heavy atom. The molecular formula is C42H69ClN4O4S2. The number of likely N-dealkylation sites (tertiary alicyclic amines) is 2. The van der Waals surface area contributed by atoms with Crippen LogP contribution >= 0.6 is 10.7 Å². The highest BCUT2D eigenvalue weighted by Gasteiger charge is 2.66. The highest BCUT2D eigenvalue weighted by atomic mass is 35.7. The van der Waals surface area contributed by atoms with Crippen LogP contribution in [0.15, 0.2) is 48.5 Å². The van der Waals surface area contributed by atoms with E-state index in [4.69, 9.17) is 16.4 Å². The molecule has 53 heavy (non-hydrogen) atoms. The molecule has 2 aromatic carbocycles. The molecule has 0 aromatic heterocycles. The summed E-state index contributed by atoms with van der Waals surface area (Å²) in [6, 6.07) is 16.6. The van der Waals surface area contributed by atoms with Gasteiger partial charge in [-0.3, -0.25) is 4.72 Å². The van der Waals surface area contributed by atoms with Crippen LogP contribution in [0.2, 0.25) is 0 Å². The smallest absolute Gasteiger partial charge is 0.232 e. The van der Waals surface area contributed by atoms with Crippen LogP contribution in [0.5, 0.6) is 0 Å². The largest absolute Gasteiger partial charge is 0.399 e. The summed E-state index contributed by atoms with van der Waals surface area (Å²) in [5.74, 6) is 3.40. The van der Waals surface area contributed by atoms with Gasteiger partial charge in [-0.15, -0.1) is 0 Å². The predicted octanol–water partition coefficient (Wildman–Crippen LogP) is 8.87. The van der Waals surface area contributed by atoms with Crippen molar-refractivity contribution < 1.29 is 16.8 Å². The number of sulfonamides is 1. The fourth-order valence-electron chi connectivity index (χ4n) is 9.21. The van der Waals surface area contributed by atoms with E-state index >= 15 is 0 Å². The predicted molar refractivity (Wildman–Crippen MR) is 225 cm³/mol. The molecule has 11 heteroatoms. The zero-order valence-electron chi connectivity index (χ0n) is 33.5. The van der Waals surface area contributed by atoms with Gasteiger partial charge in [-0.05, 0) is 97.8 Å². The lowest BCUT2D eigenvalue weighted by molar-refractivity contribution is 0.271. The average Bonchev–Trinajstić information content (AvgIpc) is 3.57. The first-order valence-corrected chi connectivity index (χ1v) is 24.6. The monoisotopic (exact) mass is 792 g/mol. The van der Waals surface area contributed by atoms with E-state index in [-0.39, 0.29) is 16.9 Å². The van der Waals surface area contributed by atoms with Gasteiger partial charge in [0.25, 0.3) is 0 Å². The number of anilines is 2. The maximum absolute atomic E-state index is 12.0. The highest BCUT2D eigenvalue weighted by molar-refractivity contribution is 8.13. The summed E-state index contributed by atoms with van der Waals surface area (Å²) in [5, 5.41) is 0. The summed E-state index contributed by atoms with van der Waals surface area (Å²) in [6.07, 6.45) is 12.0. The van der Waals surface area contributed by atoms with Gasteiger partial charge < -0.3 is 15.5 Å². The maximum Gasteiger partial charge on any atom is 0.232 e. The van der Waals surface area contributed by atoms with Crippen LogP contribution in [0.4, 0.5) is 11.4 Å². The van der Waals surface area contributed by atoms with E-state index in [2.05, 4.69) is 72.5 Å². The zero-order chi connectivity index (χ0) is 38.9. The number of benzene rings is 2. The number of rotatable bonds is 18. The molecule has 0 radical (unpaired) electrons. The number of nitrogens with one attached hydrogen (secondary N) is 1. The van der Waals surface area contributed by atoms with Gasteiger partial charge in [-0.2, -0.15) is 0 Å². The Kier molecular flexibility index (Phi) is 16.0. The third-order valence-electron chi connectivity index (χ3n) is 12.5. The molecule has 0 spiro atoms. The summed E-state index contributed by atoms with van der Waals surface area (Å²) in [7, 11) is -1.62. The van der Waals surface area contributed by atoms with Crippen LogP contribution in [-0.2, 0) is 29.9 Å². The quantitative estimate of drug-likeness (QED) is 0.0881. The van der Waals surface area contributed by atoms with Crippen molar-refractivity contribution in [1.29, 1.82) is 0 Å². The van der Waals surface area contributed by atoms with Crippen molar-refractivity contribution in [3.8, 4) is 0 Å². The first-order valence-electron chi connectivity index (χ1n) is 20.5. The lowest BCUT2D eigenvalue weighted by Crippen LogP contribution is -2.30. The molecule has 2 heterocycles. The molecule has 300 valence electrons. The number of piperidine rings is 2. The van der Waals surface area contributed by atoms with Crippen LogP contribution in [0, 0.1) is 23.7 Å². The Bertz CT molecular complexity index is 1650. The SMILES string of the molecule is CCCCCCN1CC2C(C1)C2(C)c1cccc(N)c1.CCCCCCN1CC2C(C1)C2(C)c1cccc(NS(=O)(=O)CCC)c1.CCCS(=O)(=O)Cl. The Morgan fingerprint density at radius 1 is 0.660 bits per heavy atom. The summed E-state index contributed by atoms with van der Waals surface area (Å²) < 4.78 is 46.8. The molecular weight excluding hydrogens is 724 g/mol. The fourth-order valence-corrected chi connectivity index (χ4v) is 11.3. The molecule has 0 bridgehead atoms. The van der Waals surface area contributed by atoms with E-state index in [0.717, 1.165) is 29.4 Å². The lowest BCUT2D eigenvalue weighted by Gasteiger charge is -2.24. The molecule has 4 atom stereocenters. The number of hydrogen-bond donors (Lipinski definition) is 2. The molecule has 3 N–H and O–H groups in total. The van der Waals surface area contributed by atoms with Crippen LogP contribution < -0.4 is 10.5 Å². The minimum absolute atomic E-state index is 0.0779. The Balaban J connectivity index is 0.000000205. The van der Waals surface area contributed by atoms with E-state index in [1.807, 2.05) is 25.1 Å². The molecule has 6 rings (SSSR count). The van der Waals surface area contributed by atoms with Crippen LogP contribution in [-0.4, -0.2) is 77.4 Å². The zero-order valence-corrected chi connectivity index (χ0v) is 35.8. The highest BCUT2D eigenvalue weighted by Crippen LogP contribution is 2.64. The number of nitrogens with zero attached hydrogens (tertiary/aromatic N) is 2. The Morgan fingerprint density at radius 3 is 1.51 bits per heavy atom.